The summed E-state index contributed by atoms with van der Waals surface area (Å²) >= 11 is 0. The van der Waals surface area contributed by atoms with E-state index in [-0.39, 0.29) is 17.9 Å². The minimum atomic E-state index is -1.43. The Morgan fingerprint density at radius 2 is 1.35 bits per heavy atom. The third kappa shape index (κ3) is 10.0. The van der Waals surface area contributed by atoms with Crippen molar-refractivity contribution in [3.8, 4) is 0 Å². The SMILES string of the molecule is CCOC(=O)c1ccc(NC(=O)O[C@H]2[C@@H]3OC(=O)[C@@H](Cc4ccccc4)C/C=C/C[C@H](Cc4ccccc4)C(=O)O[C@H]3[C@@H](OC)O[C@@H]2CO)cc1. The molecule has 12 heteroatoms. The summed E-state index contributed by atoms with van der Waals surface area (Å²) in [5.41, 5.74) is 2.43. The number of rotatable bonds is 10. The first-order chi connectivity index (χ1) is 24.8. The maximum atomic E-state index is 14.0. The van der Waals surface area contributed by atoms with E-state index < -0.39 is 73.1 Å². The van der Waals surface area contributed by atoms with Crippen LogP contribution in [0.5, 0.6) is 0 Å². The fraction of sp³-hybridized carbons (Fsp3) is 0.385. The average Bonchev–Trinajstić information content (AvgIpc) is 3.14. The van der Waals surface area contributed by atoms with Gasteiger partial charge in [-0.05, 0) is 68.0 Å². The van der Waals surface area contributed by atoms with Gasteiger partial charge in [0.1, 0.15) is 6.10 Å². The minimum Gasteiger partial charge on any atom is -0.462 e. The second kappa shape index (κ2) is 18.3. The van der Waals surface area contributed by atoms with E-state index in [1.807, 2.05) is 72.8 Å². The molecule has 7 atom stereocenters. The lowest BCUT2D eigenvalue weighted by Crippen LogP contribution is -2.63. The molecule has 2 heterocycles. The van der Waals surface area contributed by atoms with Crippen LogP contribution in [0.1, 0.15) is 41.3 Å². The van der Waals surface area contributed by atoms with E-state index in [0.717, 1.165) is 11.1 Å². The topological polar surface area (TPSA) is 156 Å². The first-order valence-corrected chi connectivity index (χ1v) is 17.0. The highest BCUT2D eigenvalue weighted by Crippen LogP contribution is 2.32. The molecule has 2 aliphatic rings. The summed E-state index contributed by atoms with van der Waals surface area (Å²) in [6.07, 6.45) is -2.54. The second-order valence-corrected chi connectivity index (χ2v) is 12.3. The number of allylic oxidation sites excluding steroid dienone is 2. The number of fused-ring (bicyclic) bond motifs is 1. The van der Waals surface area contributed by atoms with E-state index in [1.165, 1.54) is 31.4 Å². The number of esters is 3. The fourth-order valence-corrected chi connectivity index (χ4v) is 6.10. The minimum absolute atomic E-state index is 0.212. The lowest BCUT2D eigenvalue weighted by atomic mass is 9.92. The van der Waals surface area contributed by atoms with Gasteiger partial charge >= 0.3 is 24.0 Å². The Morgan fingerprint density at radius 1 is 0.804 bits per heavy atom. The summed E-state index contributed by atoms with van der Waals surface area (Å²) in [4.78, 5) is 53.2. The molecular formula is C39H43NO11. The van der Waals surface area contributed by atoms with Crippen LogP contribution in [0.4, 0.5) is 10.5 Å². The molecule has 2 aliphatic heterocycles. The Labute approximate surface area is 296 Å². The molecule has 0 unspecified atom stereocenters. The number of aliphatic hydroxyl groups is 1. The van der Waals surface area contributed by atoms with Crippen molar-refractivity contribution in [1.29, 1.82) is 0 Å². The number of anilines is 1. The first kappa shape index (κ1) is 37.2. The highest BCUT2D eigenvalue weighted by molar-refractivity contribution is 5.91. The molecule has 51 heavy (non-hydrogen) atoms. The molecule has 0 radical (unpaired) electrons. The van der Waals surface area contributed by atoms with Gasteiger partial charge in [-0.15, -0.1) is 0 Å². The number of carbonyl (C=O) groups excluding carboxylic acids is 4. The third-order valence-electron chi connectivity index (χ3n) is 8.72. The molecule has 1 amide bonds. The van der Waals surface area contributed by atoms with E-state index in [0.29, 0.717) is 25.7 Å². The number of benzene rings is 3. The van der Waals surface area contributed by atoms with Crippen molar-refractivity contribution < 1.29 is 52.7 Å². The van der Waals surface area contributed by atoms with Crippen LogP contribution in [0.15, 0.2) is 97.1 Å². The zero-order valence-corrected chi connectivity index (χ0v) is 28.6. The molecule has 1 fully saturated rings. The molecule has 2 N–H and O–H groups in total. The predicted molar refractivity (Wildman–Crippen MR) is 184 cm³/mol. The van der Waals surface area contributed by atoms with Crippen LogP contribution >= 0.6 is 0 Å². The molecule has 3 aromatic carbocycles. The van der Waals surface area contributed by atoms with Crippen LogP contribution in [-0.4, -0.2) is 80.1 Å². The van der Waals surface area contributed by atoms with Crippen LogP contribution in [0.2, 0.25) is 0 Å². The molecule has 0 bridgehead atoms. The van der Waals surface area contributed by atoms with Gasteiger partial charge in [0.05, 0.1) is 30.6 Å². The van der Waals surface area contributed by atoms with E-state index in [2.05, 4.69) is 5.32 Å². The zero-order chi connectivity index (χ0) is 36.2. The van der Waals surface area contributed by atoms with Crippen molar-refractivity contribution in [3.63, 3.8) is 0 Å². The number of amides is 1. The van der Waals surface area contributed by atoms with Gasteiger partial charge in [-0.2, -0.15) is 0 Å². The van der Waals surface area contributed by atoms with Gasteiger partial charge < -0.3 is 33.5 Å². The van der Waals surface area contributed by atoms with Gasteiger partial charge in [-0.25, -0.2) is 9.59 Å². The molecule has 270 valence electrons. The fourth-order valence-electron chi connectivity index (χ4n) is 6.10. The largest absolute Gasteiger partial charge is 0.462 e. The Hall–Kier alpha value is -5.04. The van der Waals surface area contributed by atoms with Crippen LogP contribution in [0, 0.1) is 11.8 Å². The summed E-state index contributed by atoms with van der Waals surface area (Å²) in [7, 11) is 1.33. The summed E-state index contributed by atoms with van der Waals surface area (Å²) in [6.45, 7) is 1.26. The molecule has 5 rings (SSSR count). The maximum absolute atomic E-state index is 14.0. The molecular weight excluding hydrogens is 658 g/mol. The molecule has 1 saturated heterocycles. The lowest BCUT2D eigenvalue weighted by Gasteiger charge is -2.44. The molecule has 12 nitrogen and oxygen atoms in total. The van der Waals surface area contributed by atoms with Crippen molar-refractivity contribution >= 4 is 29.7 Å². The number of aliphatic hydroxyl groups excluding tert-OH is 1. The van der Waals surface area contributed by atoms with Gasteiger partial charge in [0, 0.05) is 12.8 Å². The van der Waals surface area contributed by atoms with Crippen molar-refractivity contribution in [2.24, 2.45) is 11.8 Å². The van der Waals surface area contributed by atoms with Gasteiger partial charge in [-0.3, -0.25) is 14.9 Å². The quantitative estimate of drug-likeness (QED) is 0.166. The van der Waals surface area contributed by atoms with E-state index in [1.54, 1.807) is 6.92 Å². The number of ether oxygens (including phenoxy) is 6. The number of hydrogen-bond donors (Lipinski definition) is 2. The summed E-state index contributed by atoms with van der Waals surface area (Å²) < 4.78 is 34.5. The Morgan fingerprint density at radius 3 is 1.86 bits per heavy atom. The molecule has 0 aromatic heterocycles. The average molecular weight is 702 g/mol. The van der Waals surface area contributed by atoms with Gasteiger partial charge in [-0.1, -0.05) is 72.8 Å². The summed E-state index contributed by atoms with van der Waals surface area (Å²) in [5, 5.41) is 13.0. The van der Waals surface area contributed by atoms with E-state index >= 15 is 0 Å². The van der Waals surface area contributed by atoms with Crippen LogP contribution in [0.3, 0.4) is 0 Å². The van der Waals surface area contributed by atoms with Crippen molar-refractivity contribution in [3.05, 3.63) is 114 Å². The molecule has 0 spiro atoms. The maximum Gasteiger partial charge on any atom is 0.412 e. The molecule has 0 aliphatic carbocycles. The molecule has 3 aromatic rings. The third-order valence-corrected chi connectivity index (χ3v) is 8.72. The van der Waals surface area contributed by atoms with Crippen LogP contribution in [-0.2, 0) is 50.9 Å². The van der Waals surface area contributed by atoms with Crippen molar-refractivity contribution in [2.75, 3.05) is 25.6 Å². The Kier molecular flexibility index (Phi) is 13.3. The zero-order valence-electron chi connectivity index (χ0n) is 28.6. The Balaban J connectivity index is 1.45. The standard InChI is InChI=1S/C39H43NO11/c1-3-47-35(42)27-18-20-30(21-19-27)40-39(45)51-32-31(24-41)48-38(46-2)34-33(32)49-36(43)28(22-25-12-6-4-7-13-25)16-10-11-17-29(37(44)50-34)23-26-14-8-5-9-15-26/h4-15,18-21,28-29,31-34,38,41H,3,16-17,22-24H2,1-2H3,(H,40,45)/b11-10+/t28-,29-,31-,32-,33+,34-,38+/m1/s1. The smallest absolute Gasteiger partial charge is 0.412 e. The van der Waals surface area contributed by atoms with Crippen LogP contribution < -0.4 is 5.32 Å². The number of methoxy groups -OCH3 is 1. The number of carbonyl (C=O) groups is 4. The second-order valence-electron chi connectivity index (χ2n) is 12.3. The first-order valence-electron chi connectivity index (χ1n) is 17.0. The van der Waals surface area contributed by atoms with E-state index in [4.69, 9.17) is 28.4 Å². The van der Waals surface area contributed by atoms with Crippen LogP contribution in [0.25, 0.3) is 0 Å². The Bertz CT molecular complexity index is 1630. The normalized spacial score (nSPS) is 25.8. The van der Waals surface area contributed by atoms with Gasteiger partial charge in [0.25, 0.3) is 0 Å². The van der Waals surface area contributed by atoms with Crippen molar-refractivity contribution in [1.82, 2.24) is 0 Å². The molecule has 0 saturated carbocycles. The summed E-state index contributed by atoms with van der Waals surface area (Å²) in [5.74, 6) is -2.97. The van der Waals surface area contributed by atoms with Crippen molar-refractivity contribution in [2.45, 2.75) is 63.3 Å². The monoisotopic (exact) mass is 701 g/mol. The highest BCUT2D eigenvalue weighted by Gasteiger charge is 2.53. The highest BCUT2D eigenvalue weighted by atomic mass is 16.7. The van der Waals surface area contributed by atoms with Gasteiger partial charge in [0.15, 0.2) is 24.6 Å². The summed E-state index contributed by atoms with van der Waals surface area (Å²) in [6, 6.07) is 25.0. The lowest BCUT2D eigenvalue weighted by molar-refractivity contribution is -0.300. The predicted octanol–water partition coefficient (Wildman–Crippen LogP) is 5.04. The number of hydrogen-bond acceptors (Lipinski definition) is 11. The van der Waals surface area contributed by atoms with E-state index in [9.17, 15) is 24.3 Å². The number of nitrogens with one attached hydrogen (secondary N) is 1. The van der Waals surface area contributed by atoms with Gasteiger partial charge in [0.2, 0.25) is 0 Å².